The minimum atomic E-state index is -0.249. The molecule has 2 amide bonds. The number of benzene rings is 2. The van der Waals surface area contributed by atoms with Gasteiger partial charge in [0.1, 0.15) is 12.4 Å². The molecule has 160 valence electrons. The Labute approximate surface area is 176 Å². The van der Waals surface area contributed by atoms with Crippen LogP contribution in [0.25, 0.3) is 0 Å². The van der Waals surface area contributed by atoms with E-state index in [2.05, 4.69) is 37.5 Å². The molecule has 0 bridgehead atoms. The number of carbonyl (C=O) groups excluding carboxylic acids is 1. The van der Waals surface area contributed by atoms with Crippen LogP contribution in [0, 0.1) is 5.92 Å². The van der Waals surface area contributed by atoms with Crippen LogP contribution in [0.15, 0.2) is 48.5 Å². The molecule has 0 aliphatic heterocycles. The minimum absolute atomic E-state index is 0.249. The van der Waals surface area contributed by atoms with E-state index in [9.17, 15) is 4.79 Å². The van der Waals surface area contributed by atoms with Gasteiger partial charge in [-0.2, -0.15) is 0 Å². The maximum Gasteiger partial charge on any atom is 0.319 e. The second-order valence-electron chi connectivity index (χ2n) is 7.38. The Morgan fingerprint density at radius 3 is 2.38 bits per heavy atom. The first-order valence-electron chi connectivity index (χ1n) is 10.5. The minimum Gasteiger partial charge on any atom is -0.487 e. The van der Waals surface area contributed by atoms with E-state index < -0.39 is 0 Å². The van der Waals surface area contributed by atoms with E-state index >= 15 is 0 Å². The first kappa shape index (κ1) is 24.5. The summed E-state index contributed by atoms with van der Waals surface area (Å²) < 4.78 is 5.91. The van der Waals surface area contributed by atoms with Crippen molar-refractivity contribution in [2.45, 2.75) is 53.1 Å². The van der Waals surface area contributed by atoms with Gasteiger partial charge in [0.2, 0.25) is 0 Å². The maximum absolute atomic E-state index is 11.7. The van der Waals surface area contributed by atoms with Crippen molar-refractivity contribution in [2.75, 3.05) is 18.9 Å². The molecule has 0 atom stereocenters. The first-order chi connectivity index (χ1) is 14.0. The number of carbonyl (C=O) groups is 1. The van der Waals surface area contributed by atoms with Crippen LogP contribution in [0.2, 0.25) is 0 Å². The molecular formula is C24H37N3O2. The smallest absolute Gasteiger partial charge is 0.319 e. The lowest BCUT2D eigenvalue weighted by atomic mass is 10.0. The fraction of sp³-hybridized carbons (Fsp3) is 0.458. The second kappa shape index (κ2) is 14.5. The summed E-state index contributed by atoms with van der Waals surface area (Å²) in [5.41, 5.74) is 8.13. The van der Waals surface area contributed by atoms with Crippen molar-refractivity contribution in [3.8, 4) is 5.75 Å². The van der Waals surface area contributed by atoms with E-state index in [1.54, 1.807) is 7.05 Å². The van der Waals surface area contributed by atoms with Gasteiger partial charge in [-0.05, 0) is 55.0 Å². The molecule has 0 saturated heterocycles. The molecule has 5 heteroatoms. The third-order valence-corrected chi connectivity index (χ3v) is 4.32. The highest BCUT2D eigenvalue weighted by atomic mass is 16.5. The average molecular weight is 400 g/mol. The Balaban J connectivity index is 0.000000749. The Morgan fingerprint density at radius 2 is 1.83 bits per heavy atom. The lowest BCUT2D eigenvalue weighted by molar-refractivity contribution is 0.253. The standard InChI is InChI=1S/C20H26N2O2.C4H11N/c1-15(2)9-10-16-11-12-19(18(13-16)22-20(23)21-3)24-14-17-7-5-4-6-8-17;1-2-3-4-5/h4-8,11-13,15H,9-10,14H2,1-3H3,(H2,21,22,23);2-5H2,1H3. The molecule has 0 unspecified atom stereocenters. The monoisotopic (exact) mass is 399 g/mol. The molecule has 2 aromatic carbocycles. The molecule has 0 fully saturated rings. The summed E-state index contributed by atoms with van der Waals surface area (Å²) in [7, 11) is 1.60. The predicted molar refractivity (Wildman–Crippen MR) is 122 cm³/mol. The number of nitrogens with two attached hydrogens (primary N) is 1. The molecule has 0 aromatic heterocycles. The lowest BCUT2D eigenvalue weighted by Crippen LogP contribution is -2.24. The molecule has 0 saturated carbocycles. The van der Waals surface area contributed by atoms with Crippen molar-refractivity contribution in [1.29, 1.82) is 0 Å². The molecule has 2 aromatic rings. The molecule has 0 radical (unpaired) electrons. The molecule has 2 rings (SSSR count). The molecular weight excluding hydrogens is 362 g/mol. The van der Waals surface area contributed by atoms with E-state index in [1.165, 1.54) is 18.4 Å². The van der Waals surface area contributed by atoms with Gasteiger partial charge in [0.25, 0.3) is 0 Å². The van der Waals surface area contributed by atoms with Crippen molar-refractivity contribution in [1.82, 2.24) is 5.32 Å². The molecule has 0 heterocycles. The van der Waals surface area contributed by atoms with E-state index in [0.717, 1.165) is 24.9 Å². The SMILES string of the molecule is CCCCN.CNC(=O)Nc1cc(CCC(C)C)ccc1OCc1ccccc1. The van der Waals surface area contributed by atoms with Crippen LogP contribution in [0.4, 0.5) is 10.5 Å². The molecule has 4 N–H and O–H groups in total. The number of anilines is 1. The Kier molecular flexibility index (Phi) is 12.2. The number of ether oxygens (including phenoxy) is 1. The third kappa shape index (κ3) is 10.5. The molecule has 29 heavy (non-hydrogen) atoms. The lowest BCUT2D eigenvalue weighted by Gasteiger charge is -2.14. The number of nitrogens with one attached hydrogen (secondary N) is 2. The zero-order valence-electron chi connectivity index (χ0n) is 18.3. The highest BCUT2D eigenvalue weighted by molar-refractivity contribution is 5.90. The van der Waals surface area contributed by atoms with Gasteiger partial charge in [0.05, 0.1) is 5.69 Å². The van der Waals surface area contributed by atoms with Gasteiger partial charge in [-0.15, -0.1) is 0 Å². The summed E-state index contributed by atoms with van der Waals surface area (Å²) in [6, 6.07) is 15.7. The summed E-state index contributed by atoms with van der Waals surface area (Å²) in [6.45, 7) is 7.86. The number of unbranched alkanes of at least 4 members (excludes halogenated alkanes) is 1. The summed E-state index contributed by atoms with van der Waals surface area (Å²) >= 11 is 0. The van der Waals surface area contributed by atoms with Crippen molar-refractivity contribution < 1.29 is 9.53 Å². The number of amides is 2. The summed E-state index contributed by atoms with van der Waals surface area (Å²) in [6.07, 6.45) is 4.49. The normalized spacial score (nSPS) is 10.1. The van der Waals surface area contributed by atoms with Gasteiger partial charge >= 0.3 is 6.03 Å². The van der Waals surface area contributed by atoms with Crippen molar-refractivity contribution in [3.63, 3.8) is 0 Å². The van der Waals surface area contributed by atoms with E-state index in [-0.39, 0.29) is 6.03 Å². The van der Waals surface area contributed by atoms with Crippen LogP contribution in [-0.4, -0.2) is 19.6 Å². The summed E-state index contributed by atoms with van der Waals surface area (Å²) in [4.78, 5) is 11.7. The van der Waals surface area contributed by atoms with Crippen molar-refractivity contribution in [3.05, 3.63) is 59.7 Å². The molecule has 5 nitrogen and oxygen atoms in total. The van der Waals surface area contributed by atoms with Crippen LogP contribution < -0.4 is 21.1 Å². The van der Waals surface area contributed by atoms with E-state index in [1.807, 2.05) is 42.5 Å². The fourth-order valence-electron chi connectivity index (χ4n) is 2.54. The zero-order chi connectivity index (χ0) is 21.5. The maximum atomic E-state index is 11.7. The fourth-order valence-corrected chi connectivity index (χ4v) is 2.54. The number of hydrogen-bond acceptors (Lipinski definition) is 3. The Bertz CT molecular complexity index is 701. The number of urea groups is 1. The quantitative estimate of drug-likeness (QED) is 0.532. The van der Waals surface area contributed by atoms with Crippen LogP contribution in [0.5, 0.6) is 5.75 Å². The van der Waals surface area contributed by atoms with Crippen LogP contribution >= 0.6 is 0 Å². The van der Waals surface area contributed by atoms with Gasteiger partial charge < -0.3 is 21.1 Å². The third-order valence-electron chi connectivity index (χ3n) is 4.32. The first-order valence-corrected chi connectivity index (χ1v) is 10.5. The van der Waals surface area contributed by atoms with Gasteiger partial charge in [0, 0.05) is 7.05 Å². The van der Waals surface area contributed by atoms with Crippen LogP contribution in [0.3, 0.4) is 0 Å². The summed E-state index contributed by atoms with van der Waals surface area (Å²) in [5, 5.41) is 5.43. The van der Waals surface area contributed by atoms with Crippen LogP contribution in [0.1, 0.15) is 51.2 Å². The van der Waals surface area contributed by atoms with Crippen molar-refractivity contribution in [2.24, 2.45) is 11.7 Å². The Hall–Kier alpha value is -2.53. The van der Waals surface area contributed by atoms with Gasteiger partial charge in [-0.3, -0.25) is 0 Å². The number of hydrogen-bond donors (Lipinski definition) is 3. The van der Waals surface area contributed by atoms with E-state index in [0.29, 0.717) is 24.0 Å². The van der Waals surface area contributed by atoms with Gasteiger partial charge in [-0.25, -0.2) is 4.79 Å². The highest BCUT2D eigenvalue weighted by Gasteiger charge is 2.09. The molecule has 0 spiro atoms. The van der Waals surface area contributed by atoms with Crippen molar-refractivity contribution >= 4 is 11.7 Å². The molecule has 0 aliphatic carbocycles. The topological polar surface area (TPSA) is 76.4 Å². The number of aryl methyl sites for hydroxylation is 1. The zero-order valence-corrected chi connectivity index (χ0v) is 18.3. The highest BCUT2D eigenvalue weighted by Crippen LogP contribution is 2.27. The number of rotatable bonds is 9. The second-order valence-corrected chi connectivity index (χ2v) is 7.38. The van der Waals surface area contributed by atoms with Gasteiger partial charge in [0.15, 0.2) is 0 Å². The van der Waals surface area contributed by atoms with Gasteiger partial charge in [-0.1, -0.05) is 63.6 Å². The Morgan fingerprint density at radius 1 is 1.10 bits per heavy atom. The predicted octanol–water partition coefficient (Wildman–Crippen LogP) is 5.35. The average Bonchev–Trinajstić information content (AvgIpc) is 2.73. The largest absolute Gasteiger partial charge is 0.487 e. The molecule has 0 aliphatic rings. The summed E-state index contributed by atoms with van der Waals surface area (Å²) in [5.74, 6) is 1.32. The van der Waals surface area contributed by atoms with E-state index in [4.69, 9.17) is 10.5 Å². The van der Waals surface area contributed by atoms with Crippen LogP contribution in [-0.2, 0) is 13.0 Å².